The summed E-state index contributed by atoms with van der Waals surface area (Å²) in [6.07, 6.45) is 5.86. The summed E-state index contributed by atoms with van der Waals surface area (Å²) in [7, 11) is 0. The number of hydrogen-bond donors (Lipinski definition) is 2. The van der Waals surface area contributed by atoms with E-state index >= 15 is 0 Å². The Morgan fingerprint density at radius 2 is 2.19 bits per heavy atom. The van der Waals surface area contributed by atoms with Crippen LogP contribution >= 0.6 is 11.8 Å². The highest BCUT2D eigenvalue weighted by Crippen LogP contribution is 2.35. The summed E-state index contributed by atoms with van der Waals surface area (Å²) >= 11 is 1.68. The van der Waals surface area contributed by atoms with Gasteiger partial charge in [-0.1, -0.05) is 5.16 Å². The summed E-state index contributed by atoms with van der Waals surface area (Å²) in [5.74, 6) is 0.346. The van der Waals surface area contributed by atoms with E-state index in [0.29, 0.717) is 11.9 Å². The highest BCUT2D eigenvalue weighted by Gasteiger charge is 2.38. The van der Waals surface area contributed by atoms with Crippen molar-refractivity contribution < 1.29 is 5.21 Å². The molecule has 7 heteroatoms. The van der Waals surface area contributed by atoms with Gasteiger partial charge in [-0.25, -0.2) is 0 Å². The fourth-order valence-electron chi connectivity index (χ4n) is 2.71. The molecule has 1 aromatic heterocycles. The molecule has 0 radical (unpaired) electrons. The number of nitrogens with zero attached hydrogens (tertiary/aromatic N) is 4. The van der Waals surface area contributed by atoms with E-state index in [0.717, 1.165) is 38.2 Å². The molecule has 1 aliphatic heterocycles. The largest absolute Gasteiger partial charge is 0.409 e. The summed E-state index contributed by atoms with van der Waals surface area (Å²) < 4.78 is 1.77. The lowest BCUT2D eigenvalue weighted by Gasteiger charge is -2.39. The average molecular weight is 311 g/mol. The molecular weight excluding hydrogens is 286 g/mol. The minimum Gasteiger partial charge on any atom is -0.409 e. The Hall–Kier alpha value is -1.21. The van der Waals surface area contributed by atoms with Crippen molar-refractivity contribution in [3.8, 4) is 0 Å². The molecule has 0 aromatic carbocycles. The topological polar surface area (TPSA) is 79.7 Å². The predicted molar refractivity (Wildman–Crippen MR) is 86.8 cm³/mol. The molecule has 0 saturated carbocycles. The van der Waals surface area contributed by atoms with E-state index in [1.165, 1.54) is 0 Å². The first-order valence-electron chi connectivity index (χ1n) is 7.30. The first kappa shape index (κ1) is 16.2. The zero-order valence-electron chi connectivity index (χ0n) is 13.0. The number of likely N-dealkylation sites (tertiary alicyclic amines) is 1. The number of hydrogen-bond acceptors (Lipinski definition) is 5. The zero-order chi connectivity index (χ0) is 15.5. The maximum Gasteiger partial charge on any atom is 0.155 e. The van der Waals surface area contributed by atoms with Crippen LogP contribution in [0.15, 0.2) is 17.4 Å². The van der Waals surface area contributed by atoms with E-state index in [9.17, 15) is 0 Å². The molecule has 21 heavy (non-hydrogen) atoms. The SMILES string of the molecule is CSC1(C(N)=NO)CCN(Cc2ccn(C(C)C)n2)CC1. The number of piperidine rings is 1. The van der Waals surface area contributed by atoms with Gasteiger partial charge in [0.1, 0.15) is 0 Å². The van der Waals surface area contributed by atoms with Crippen molar-refractivity contribution in [1.82, 2.24) is 14.7 Å². The summed E-state index contributed by atoms with van der Waals surface area (Å²) in [6.45, 7) is 6.99. The van der Waals surface area contributed by atoms with Crippen molar-refractivity contribution in [3.05, 3.63) is 18.0 Å². The second kappa shape index (κ2) is 6.70. The van der Waals surface area contributed by atoms with Crippen molar-refractivity contribution in [1.29, 1.82) is 0 Å². The van der Waals surface area contributed by atoms with Crippen LogP contribution in [-0.2, 0) is 6.54 Å². The highest BCUT2D eigenvalue weighted by molar-refractivity contribution is 8.00. The lowest BCUT2D eigenvalue weighted by molar-refractivity contribution is 0.206. The fraction of sp³-hybridized carbons (Fsp3) is 0.714. The molecule has 1 fully saturated rings. The maximum absolute atomic E-state index is 8.96. The number of thioether (sulfide) groups is 1. The Kier molecular flexibility index (Phi) is 5.16. The Morgan fingerprint density at radius 3 is 2.67 bits per heavy atom. The molecule has 0 atom stereocenters. The van der Waals surface area contributed by atoms with E-state index in [4.69, 9.17) is 10.9 Å². The van der Waals surface area contributed by atoms with Gasteiger partial charge in [-0.3, -0.25) is 9.58 Å². The monoisotopic (exact) mass is 311 g/mol. The van der Waals surface area contributed by atoms with Crippen molar-refractivity contribution in [2.24, 2.45) is 10.9 Å². The van der Waals surface area contributed by atoms with Crippen LogP contribution in [0.1, 0.15) is 38.4 Å². The molecule has 1 saturated heterocycles. The number of aromatic nitrogens is 2. The van der Waals surface area contributed by atoms with Crippen LogP contribution in [-0.4, -0.2) is 49.8 Å². The molecule has 3 N–H and O–H groups in total. The quantitative estimate of drug-likeness (QED) is 0.376. The smallest absolute Gasteiger partial charge is 0.155 e. The summed E-state index contributed by atoms with van der Waals surface area (Å²) in [5, 5.41) is 16.8. The van der Waals surface area contributed by atoms with Crippen LogP contribution < -0.4 is 5.73 Å². The van der Waals surface area contributed by atoms with E-state index in [-0.39, 0.29) is 4.75 Å². The number of oxime groups is 1. The van der Waals surface area contributed by atoms with Gasteiger partial charge in [0.25, 0.3) is 0 Å². The fourth-order valence-corrected chi connectivity index (χ4v) is 3.55. The van der Waals surface area contributed by atoms with Gasteiger partial charge in [0.2, 0.25) is 0 Å². The van der Waals surface area contributed by atoms with E-state index in [1.807, 2.05) is 17.1 Å². The lowest BCUT2D eigenvalue weighted by atomic mass is 9.94. The summed E-state index contributed by atoms with van der Waals surface area (Å²) in [4.78, 5) is 2.38. The van der Waals surface area contributed by atoms with Crippen LogP contribution in [0.2, 0.25) is 0 Å². The van der Waals surface area contributed by atoms with E-state index in [2.05, 4.69) is 35.1 Å². The second-order valence-electron chi connectivity index (χ2n) is 5.84. The highest BCUT2D eigenvalue weighted by atomic mass is 32.2. The maximum atomic E-state index is 8.96. The van der Waals surface area contributed by atoms with Crippen molar-refractivity contribution in [3.63, 3.8) is 0 Å². The van der Waals surface area contributed by atoms with Gasteiger partial charge in [0.15, 0.2) is 5.84 Å². The molecule has 2 heterocycles. The third-order valence-corrected chi connectivity index (χ3v) is 5.61. The predicted octanol–water partition coefficient (Wildman–Crippen LogP) is 1.91. The second-order valence-corrected chi connectivity index (χ2v) is 7.03. The number of amidine groups is 1. The zero-order valence-corrected chi connectivity index (χ0v) is 13.8. The number of nitrogens with two attached hydrogens (primary N) is 1. The molecule has 6 nitrogen and oxygen atoms in total. The van der Waals surface area contributed by atoms with Crippen LogP contribution in [0.5, 0.6) is 0 Å². The molecule has 0 spiro atoms. The van der Waals surface area contributed by atoms with Gasteiger partial charge in [-0.05, 0) is 39.0 Å². The number of rotatable bonds is 5. The Morgan fingerprint density at radius 1 is 1.52 bits per heavy atom. The van der Waals surface area contributed by atoms with Gasteiger partial charge in [0, 0.05) is 31.9 Å². The molecule has 0 bridgehead atoms. The Bertz CT molecular complexity index is 491. The van der Waals surface area contributed by atoms with Crippen molar-refractivity contribution in [2.45, 2.75) is 44.0 Å². The molecule has 0 unspecified atom stereocenters. The molecular formula is C14H25N5OS. The van der Waals surface area contributed by atoms with Gasteiger partial charge in [-0.15, -0.1) is 0 Å². The normalized spacial score (nSPS) is 20.1. The Labute approximate surface area is 130 Å². The minimum absolute atomic E-state index is 0.220. The molecule has 2 rings (SSSR count). The van der Waals surface area contributed by atoms with E-state index < -0.39 is 0 Å². The first-order valence-corrected chi connectivity index (χ1v) is 8.53. The third kappa shape index (κ3) is 3.52. The van der Waals surface area contributed by atoms with Crippen molar-refractivity contribution >= 4 is 17.6 Å². The van der Waals surface area contributed by atoms with Gasteiger partial charge >= 0.3 is 0 Å². The molecule has 1 aromatic rings. The van der Waals surface area contributed by atoms with E-state index in [1.54, 1.807) is 11.8 Å². The molecule has 0 amide bonds. The van der Waals surface area contributed by atoms with Crippen LogP contribution in [0.4, 0.5) is 0 Å². The standard InChI is InChI=1S/C14H25N5OS/c1-11(2)19-7-4-12(16-19)10-18-8-5-14(21-3,6-9-18)13(15)17-20/h4,7,11,20H,5-6,8-10H2,1-3H3,(H2,15,17). The molecule has 0 aliphatic carbocycles. The minimum atomic E-state index is -0.220. The lowest BCUT2D eigenvalue weighted by Crippen LogP contribution is -2.49. The van der Waals surface area contributed by atoms with Crippen LogP contribution in [0.25, 0.3) is 0 Å². The third-order valence-electron chi connectivity index (χ3n) is 4.21. The van der Waals surface area contributed by atoms with Gasteiger partial charge < -0.3 is 10.9 Å². The van der Waals surface area contributed by atoms with Gasteiger partial charge in [-0.2, -0.15) is 16.9 Å². The van der Waals surface area contributed by atoms with Crippen LogP contribution in [0.3, 0.4) is 0 Å². The Balaban J connectivity index is 1.94. The van der Waals surface area contributed by atoms with Crippen LogP contribution in [0, 0.1) is 0 Å². The molecule has 118 valence electrons. The molecule has 1 aliphatic rings. The average Bonchev–Trinajstić information content (AvgIpc) is 2.96. The van der Waals surface area contributed by atoms with Crippen molar-refractivity contribution in [2.75, 3.05) is 19.3 Å². The first-order chi connectivity index (χ1) is 10.0. The summed E-state index contributed by atoms with van der Waals surface area (Å²) in [6, 6.07) is 2.48. The summed E-state index contributed by atoms with van der Waals surface area (Å²) in [5.41, 5.74) is 6.97. The van der Waals surface area contributed by atoms with Gasteiger partial charge in [0.05, 0.1) is 10.4 Å².